The summed E-state index contributed by atoms with van der Waals surface area (Å²) in [6.07, 6.45) is 2.25. The quantitative estimate of drug-likeness (QED) is 0.420. The SMILES string of the molecule is O=c1oc2ccccc2cc1C1=Nc2ccccc2S[C@@H](c2ccco2)C1. The summed E-state index contributed by atoms with van der Waals surface area (Å²) in [6, 6.07) is 21.2. The Balaban J connectivity index is 1.69. The number of fused-ring (bicyclic) bond motifs is 2. The van der Waals surface area contributed by atoms with Crippen molar-refractivity contribution in [2.45, 2.75) is 16.6 Å². The average molecular weight is 373 g/mol. The number of rotatable bonds is 2. The van der Waals surface area contributed by atoms with Crippen LogP contribution in [-0.4, -0.2) is 5.71 Å². The van der Waals surface area contributed by atoms with E-state index in [2.05, 4.69) is 0 Å². The minimum Gasteiger partial charge on any atom is -0.468 e. The molecule has 0 radical (unpaired) electrons. The Labute approximate surface area is 159 Å². The maximum absolute atomic E-state index is 12.7. The highest BCUT2D eigenvalue weighted by molar-refractivity contribution is 7.99. The summed E-state index contributed by atoms with van der Waals surface area (Å²) < 4.78 is 11.2. The van der Waals surface area contributed by atoms with Crippen molar-refractivity contribution in [3.05, 3.63) is 94.7 Å². The number of para-hydroxylation sites is 2. The summed E-state index contributed by atoms with van der Waals surface area (Å²) in [6.45, 7) is 0. The van der Waals surface area contributed by atoms with Crippen LogP contribution in [0.25, 0.3) is 11.0 Å². The molecule has 4 aromatic rings. The fourth-order valence-electron chi connectivity index (χ4n) is 3.28. The topological polar surface area (TPSA) is 55.7 Å². The first-order valence-corrected chi connectivity index (χ1v) is 9.56. The molecule has 0 N–H and O–H groups in total. The second-order valence-electron chi connectivity index (χ2n) is 6.34. The van der Waals surface area contributed by atoms with Crippen LogP contribution in [0.1, 0.15) is 23.0 Å². The van der Waals surface area contributed by atoms with Crippen molar-refractivity contribution in [2.75, 3.05) is 0 Å². The first-order valence-electron chi connectivity index (χ1n) is 8.68. The lowest BCUT2D eigenvalue weighted by atomic mass is 10.0. The monoisotopic (exact) mass is 373 g/mol. The van der Waals surface area contributed by atoms with Crippen molar-refractivity contribution in [2.24, 2.45) is 4.99 Å². The van der Waals surface area contributed by atoms with E-state index < -0.39 is 0 Å². The lowest BCUT2D eigenvalue weighted by Crippen LogP contribution is -2.16. The Morgan fingerprint density at radius 2 is 1.85 bits per heavy atom. The second kappa shape index (κ2) is 6.59. The van der Waals surface area contributed by atoms with Gasteiger partial charge >= 0.3 is 5.63 Å². The average Bonchev–Trinajstić information content (AvgIpc) is 3.15. The molecule has 0 aliphatic carbocycles. The molecule has 1 aliphatic heterocycles. The van der Waals surface area contributed by atoms with E-state index in [0.717, 1.165) is 21.7 Å². The minimum atomic E-state index is -0.366. The van der Waals surface area contributed by atoms with Crippen LogP contribution in [0.15, 0.2) is 96.5 Å². The van der Waals surface area contributed by atoms with Gasteiger partial charge in [0.1, 0.15) is 11.3 Å². The number of hydrogen-bond donors (Lipinski definition) is 0. The molecule has 4 nitrogen and oxygen atoms in total. The summed E-state index contributed by atoms with van der Waals surface area (Å²) in [5, 5.41) is 0.919. The van der Waals surface area contributed by atoms with Crippen LogP contribution in [-0.2, 0) is 0 Å². The molecule has 0 saturated heterocycles. The Bertz CT molecular complexity index is 1210. The maximum atomic E-state index is 12.7. The van der Waals surface area contributed by atoms with Gasteiger partial charge in [-0.3, -0.25) is 4.99 Å². The maximum Gasteiger partial charge on any atom is 0.345 e. The summed E-state index contributed by atoms with van der Waals surface area (Å²) in [5.41, 5.74) is 2.29. The lowest BCUT2D eigenvalue weighted by molar-refractivity contribution is 0.508. The highest BCUT2D eigenvalue weighted by atomic mass is 32.2. The van der Waals surface area contributed by atoms with E-state index in [1.165, 1.54) is 0 Å². The molecule has 0 saturated carbocycles. The van der Waals surface area contributed by atoms with Crippen LogP contribution in [0, 0.1) is 0 Å². The molecule has 132 valence electrons. The summed E-state index contributed by atoms with van der Waals surface area (Å²) in [4.78, 5) is 18.6. The van der Waals surface area contributed by atoms with Crippen LogP contribution in [0.3, 0.4) is 0 Å². The normalized spacial score (nSPS) is 16.6. The number of hydrogen-bond acceptors (Lipinski definition) is 5. The van der Waals surface area contributed by atoms with Gasteiger partial charge in [-0.2, -0.15) is 0 Å². The van der Waals surface area contributed by atoms with Crippen LogP contribution in [0.5, 0.6) is 0 Å². The van der Waals surface area contributed by atoms with E-state index in [9.17, 15) is 4.79 Å². The largest absolute Gasteiger partial charge is 0.468 e. The van der Waals surface area contributed by atoms with Crippen molar-refractivity contribution < 1.29 is 8.83 Å². The standard InChI is InChI=1S/C22H15NO3S/c24-22-15(12-14-6-1-3-8-18(14)26-22)17-13-21(19-9-5-11-25-19)27-20-10-4-2-7-16(20)23-17/h1-12,21H,13H2/t21-/m1/s1. The Kier molecular flexibility index (Phi) is 3.94. The number of aliphatic imine (C=N–C) groups is 1. The molecule has 0 fully saturated rings. The lowest BCUT2D eigenvalue weighted by Gasteiger charge is -2.12. The van der Waals surface area contributed by atoms with Crippen LogP contribution < -0.4 is 5.63 Å². The Morgan fingerprint density at radius 3 is 2.74 bits per heavy atom. The summed E-state index contributed by atoms with van der Waals surface area (Å²) in [7, 11) is 0. The van der Waals surface area contributed by atoms with Crippen LogP contribution >= 0.6 is 11.8 Å². The Hall–Kier alpha value is -3.05. The highest BCUT2D eigenvalue weighted by Gasteiger charge is 2.26. The molecule has 0 unspecified atom stereocenters. The number of benzene rings is 2. The molecule has 5 heteroatoms. The van der Waals surface area contributed by atoms with Crippen LogP contribution in [0.2, 0.25) is 0 Å². The number of nitrogens with zero attached hydrogens (tertiary/aromatic N) is 1. The van der Waals surface area contributed by atoms with Crippen molar-refractivity contribution in [3.63, 3.8) is 0 Å². The number of thioether (sulfide) groups is 1. The molecule has 0 bridgehead atoms. The minimum absolute atomic E-state index is 0.0354. The van der Waals surface area contributed by atoms with Gasteiger partial charge in [-0.1, -0.05) is 30.3 Å². The van der Waals surface area contributed by atoms with E-state index in [1.807, 2.05) is 60.7 Å². The Morgan fingerprint density at radius 1 is 1.00 bits per heavy atom. The van der Waals surface area contributed by atoms with E-state index in [-0.39, 0.29) is 10.9 Å². The zero-order valence-electron chi connectivity index (χ0n) is 14.3. The van der Waals surface area contributed by atoms with Gasteiger partial charge in [-0.05, 0) is 36.4 Å². The van der Waals surface area contributed by atoms with Gasteiger partial charge in [0.05, 0.1) is 28.5 Å². The third kappa shape index (κ3) is 3.00. The molecule has 3 heterocycles. The molecular formula is C22H15NO3S. The van der Waals surface area contributed by atoms with Crippen molar-refractivity contribution >= 4 is 34.1 Å². The molecule has 0 amide bonds. The third-order valence-corrected chi connectivity index (χ3v) is 5.86. The first-order chi connectivity index (χ1) is 13.3. The predicted octanol–water partition coefficient (Wildman–Crippen LogP) is 5.74. The first kappa shape index (κ1) is 16.1. The summed E-state index contributed by atoms with van der Waals surface area (Å²) >= 11 is 1.70. The van der Waals surface area contributed by atoms with Gasteiger partial charge in [-0.15, -0.1) is 11.8 Å². The van der Waals surface area contributed by atoms with E-state index in [0.29, 0.717) is 23.3 Å². The number of furan rings is 1. The van der Waals surface area contributed by atoms with E-state index in [4.69, 9.17) is 13.8 Å². The molecule has 5 rings (SSSR count). The fourth-order valence-corrected chi connectivity index (χ4v) is 4.47. The predicted molar refractivity (Wildman–Crippen MR) is 107 cm³/mol. The second-order valence-corrected chi connectivity index (χ2v) is 7.58. The molecule has 1 aliphatic rings. The van der Waals surface area contributed by atoms with Gasteiger partial charge in [-0.25, -0.2) is 4.79 Å². The van der Waals surface area contributed by atoms with Gasteiger partial charge in [0.25, 0.3) is 0 Å². The zero-order chi connectivity index (χ0) is 18.2. The molecule has 0 spiro atoms. The molecule has 27 heavy (non-hydrogen) atoms. The zero-order valence-corrected chi connectivity index (χ0v) is 15.1. The van der Waals surface area contributed by atoms with E-state index >= 15 is 0 Å². The van der Waals surface area contributed by atoms with Gasteiger partial charge < -0.3 is 8.83 Å². The smallest absolute Gasteiger partial charge is 0.345 e. The highest BCUT2D eigenvalue weighted by Crippen LogP contribution is 2.45. The van der Waals surface area contributed by atoms with Gasteiger partial charge in [0.15, 0.2) is 0 Å². The molecule has 1 atom stereocenters. The fraction of sp³-hybridized carbons (Fsp3) is 0.0909. The van der Waals surface area contributed by atoms with Gasteiger partial charge in [0, 0.05) is 16.7 Å². The summed E-state index contributed by atoms with van der Waals surface area (Å²) in [5.74, 6) is 0.870. The van der Waals surface area contributed by atoms with Crippen molar-refractivity contribution in [3.8, 4) is 0 Å². The molecular weight excluding hydrogens is 358 g/mol. The van der Waals surface area contributed by atoms with Crippen molar-refractivity contribution in [1.82, 2.24) is 0 Å². The molecule has 2 aromatic carbocycles. The van der Waals surface area contributed by atoms with Gasteiger partial charge in [0.2, 0.25) is 0 Å². The van der Waals surface area contributed by atoms with Crippen LogP contribution in [0.4, 0.5) is 5.69 Å². The van der Waals surface area contributed by atoms with Crippen molar-refractivity contribution in [1.29, 1.82) is 0 Å². The third-order valence-electron chi connectivity index (χ3n) is 4.58. The molecule has 2 aromatic heterocycles. The van der Waals surface area contributed by atoms with E-state index in [1.54, 1.807) is 24.1 Å².